The van der Waals surface area contributed by atoms with Crippen LogP contribution < -0.4 is 0 Å². The van der Waals surface area contributed by atoms with Gasteiger partial charge in [-0.2, -0.15) is 0 Å². The number of rotatable bonds is 8. The number of thioether (sulfide) groups is 1. The molecule has 0 amide bonds. The fraction of sp³-hybridized carbons (Fsp3) is 0.500. The van der Waals surface area contributed by atoms with Crippen molar-refractivity contribution in [1.82, 2.24) is 0 Å². The Labute approximate surface area is 106 Å². The third-order valence-electron chi connectivity index (χ3n) is 2.00. The van der Waals surface area contributed by atoms with Gasteiger partial charge in [-0.05, 0) is 18.2 Å². The first-order valence-corrected chi connectivity index (χ1v) is 6.37. The Bertz CT molecular complexity index is 319. The van der Waals surface area contributed by atoms with Crippen molar-refractivity contribution in [3.8, 4) is 5.75 Å². The number of hydrogen-bond acceptors (Lipinski definition) is 5. The minimum Gasteiger partial charge on any atom is -0.508 e. The molecule has 0 aliphatic carbocycles. The van der Waals surface area contributed by atoms with Crippen molar-refractivity contribution in [3.63, 3.8) is 0 Å². The van der Waals surface area contributed by atoms with Crippen LogP contribution in [0.1, 0.15) is 0 Å². The van der Waals surface area contributed by atoms with Gasteiger partial charge in [0, 0.05) is 17.8 Å². The van der Waals surface area contributed by atoms with Gasteiger partial charge in [-0.3, -0.25) is 0 Å². The lowest BCUT2D eigenvalue weighted by atomic mass is 10.3. The quantitative estimate of drug-likeness (QED) is 0.547. The van der Waals surface area contributed by atoms with Crippen LogP contribution in [0.5, 0.6) is 5.75 Å². The van der Waals surface area contributed by atoms with Crippen LogP contribution in [-0.4, -0.2) is 49.0 Å². The van der Waals surface area contributed by atoms with Gasteiger partial charge in [-0.1, -0.05) is 6.07 Å². The molecule has 0 aromatic heterocycles. The first-order valence-electron chi connectivity index (χ1n) is 5.39. The van der Waals surface area contributed by atoms with E-state index in [9.17, 15) is 10.2 Å². The van der Waals surface area contributed by atoms with Gasteiger partial charge in [0.15, 0.2) is 0 Å². The summed E-state index contributed by atoms with van der Waals surface area (Å²) in [5.41, 5.74) is 0. The predicted octanol–water partition coefficient (Wildman–Crippen LogP) is 1.51. The topological polar surface area (TPSA) is 58.9 Å². The van der Waals surface area contributed by atoms with Gasteiger partial charge in [-0.15, -0.1) is 11.8 Å². The third-order valence-corrected chi connectivity index (χ3v) is 3.14. The molecule has 4 nitrogen and oxygen atoms in total. The number of methoxy groups -OCH3 is 1. The van der Waals surface area contributed by atoms with Crippen molar-refractivity contribution >= 4 is 11.8 Å². The average molecular weight is 258 g/mol. The minimum atomic E-state index is -0.515. The molecule has 96 valence electrons. The van der Waals surface area contributed by atoms with Crippen molar-refractivity contribution < 1.29 is 19.7 Å². The number of aliphatic hydroxyl groups is 1. The highest BCUT2D eigenvalue weighted by molar-refractivity contribution is 7.99. The second-order valence-corrected chi connectivity index (χ2v) is 4.62. The van der Waals surface area contributed by atoms with E-state index >= 15 is 0 Å². The fourth-order valence-corrected chi connectivity index (χ4v) is 2.04. The first kappa shape index (κ1) is 14.3. The second kappa shape index (κ2) is 8.36. The van der Waals surface area contributed by atoms with E-state index in [1.54, 1.807) is 25.3 Å². The molecule has 0 saturated carbocycles. The molecule has 0 radical (unpaired) electrons. The maximum atomic E-state index is 9.63. The third kappa shape index (κ3) is 6.53. The highest BCUT2D eigenvalue weighted by Gasteiger charge is 2.05. The van der Waals surface area contributed by atoms with Crippen LogP contribution in [-0.2, 0) is 9.47 Å². The van der Waals surface area contributed by atoms with E-state index in [1.807, 2.05) is 6.07 Å². The van der Waals surface area contributed by atoms with E-state index in [4.69, 9.17) is 9.47 Å². The molecule has 2 N–H and O–H groups in total. The van der Waals surface area contributed by atoms with E-state index in [0.717, 1.165) is 4.90 Å². The molecule has 5 heteroatoms. The van der Waals surface area contributed by atoms with Gasteiger partial charge in [0.1, 0.15) is 5.75 Å². The molecule has 1 aromatic rings. The van der Waals surface area contributed by atoms with Crippen molar-refractivity contribution in [3.05, 3.63) is 24.3 Å². The number of hydrogen-bond donors (Lipinski definition) is 2. The molecule has 0 aliphatic heterocycles. The van der Waals surface area contributed by atoms with E-state index in [-0.39, 0.29) is 5.75 Å². The van der Waals surface area contributed by atoms with Gasteiger partial charge in [-0.25, -0.2) is 0 Å². The maximum Gasteiger partial charge on any atom is 0.116 e. The van der Waals surface area contributed by atoms with E-state index in [1.165, 1.54) is 11.8 Å². The summed E-state index contributed by atoms with van der Waals surface area (Å²) in [7, 11) is 1.61. The molecule has 1 aromatic carbocycles. The number of phenolic OH excluding ortho intramolecular Hbond substituents is 1. The van der Waals surface area contributed by atoms with Crippen LogP contribution in [0.25, 0.3) is 0 Å². The maximum absolute atomic E-state index is 9.63. The summed E-state index contributed by atoms with van der Waals surface area (Å²) in [6.07, 6.45) is -0.515. The zero-order valence-electron chi connectivity index (χ0n) is 9.83. The molecule has 0 bridgehead atoms. The van der Waals surface area contributed by atoms with Crippen LogP contribution in [0.4, 0.5) is 0 Å². The minimum absolute atomic E-state index is 0.237. The second-order valence-electron chi connectivity index (χ2n) is 3.53. The van der Waals surface area contributed by atoms with E-state index < -0.39 is 6.10 Å². The van der Waals surface area contributed by atoms with E-state index in [2.05, 4.69) is 0 Å². The van der Waals surface area contributed by atoms with Gasteiger partial charge >= 0.3 is 0 Å². The SMILES string of the molecule is COCCOCC(O)CSc1cccc(O)c1. The predicted molar refractivity (Wildman–Crippen MR) is 67.5 cm³/mol. The molecule has 1 atom stereocenters. The molecule has 1 unspecified atom stereocenters. The molecule has 0 aliphatic rings. The van der Waals surface area contributed by atoms with Crippen LogP contribution in [0.3, 0.4) is 0 Å². The molecular formula is C12H18O4S. The zero-order valence-corrected chi connectivity index (χ0v) is 10.7. The Balaban J connectivity index is 2.17. The molecule has 17 heavy (non-hydrogen) atoms. The first-order chi connectivity index (χ1) is 8.22. The van der Waals surface area contributed by atoms with Crippen LogP contribution >= 0.6 is 11.8 Å². The Hall–Kier alpha value is -0.750. The summed E-state index contributed by atoms with van der Waals surface area (Å²) >= 11 is 1.49. The number of ether oxygens (including phenoxy) is 2. The molecular weight excluding hydrogens is 240 g/mol. The normalized spacial score (nSPS) is 12.6. The molecule has 0 heterocycles. The zero-order chi connectivity index (χ0) is 12.5. The highest BCUT2D eigenvalue weighted by atomic mass is 32.2. The lowest BCUT2D eigenvalue weighted by Gasteiger charge is -2.10. The molecule has 0 spiro atoms. The molecule has 1 rings (SSSR count). The largest absolute Gasteiger partial charge is 0.508 e. The Morgan fingerprint density at radius 2 is 2.18 bits per heavy atom. The Kier molecular flexibility index (Phi) is 7.04. The average Bonchev–Trinajstić information content (AvgIpc) is 2.32. The number of aromatic hydroxyl groups is 1. The van der Waals surface area contributed by atoms with Gasteiger partial charge in [0.05, 0.1) is 25.9 Å². The Morgan fingerprint density at radius 3 is 2.88 bits per heavy atom. The lowest BCUT2D eigenvalue weighted by Crippen LogP contribution is -2.19. The molecule has 0 fully saturated rings. The van der Waals surface area contributed by atoms with Gasteiger partial charge < -0.3 is 19.7 Å². The summed E-state index contributed by atoms with van der Waals surface area (Å²) in [5.74, 6) is 0.775. The number of phenols is 1. The van der Waals surface area contributed by atoms with Crippen molar-refractivity contribution in [2.45, 2.75) is 11.0 Å². The summed E-state index contributed by atoms with van der Waals surface area (Å²) in [6.45, 7) is 1.33. The van der Waals surface area contributed by atoms with Crippen molar-refractivity contribution in [1.29, 1.82) is 0 Å². The van der Waals surface area contributed by atoms with Gasteiger partial charge in [0.2, 0.25) is 0 Å². The highest BCUT2D eigenvalue weighted by Crippen LogP contribution is 2.22. The number of aliphatic hydroxyl groups excluding tert-OH is 1. The summed E-state index contributed by atoms with van der Waals surface area (Å²) in [5, 5.41) is 18.9. The monoisotopic (exact) mass is 258 g/mol. The summed E-state index contributed by atoms with van der Waals surface area (Å²) in [6, 6.07) is 6.96. The van der Waals surface area contributed by atoms with Crippen LogP contribution in [0, 0.1) is 0 Å². The van der Waals surface area contributed by atoms with E-state index in [0.29, 0.717) is 25.6 Å². The van der Waals surface area contributed by atoms with Crippen molar-refractivity contribution in [2.24, 2.45) is 0 Å². The van der Waals surface area contributed by atoms with Gasteiger partial charge in [0.25, 0.3) is 0 Å². The summed E-state index contributed by atoms with van der Waals surface area (Å²) in [4.78, 5) is 0.931. The lowest BCUT2D eigenvalue weighted by molar-refractivity contribution is 0.0218. The van der Waals surface area contributed by atoms with Crippen molar-refractivity contribution in [2.75, 3.05) is 32.7 Å². The Morgan fingerprint density at radius 1 is 1.35 bits per heavy atom. The van der Waals surface area contributed by atoms with Crippen LogP contribution in [0.15, 0.2) is 29.2 Å². The van der Waals surface area contributed by atoms with Crippen LogP contribution in [0.2, 0.25) is 0 Å². The molecule has 0 saturated heterocycles. The standard InChI is InChI=1S/C12H18O4S/c1-15-5-6-16-8-11(14)9-17-12-4-2-3-10(13)7-12/h2-4,7,11,13-14H,5-6,8-9H2,1H3. The smallest absolute Gasteiger partial charge is 0.116 e. The fourth-order valence-electron chi connectivity index (χ4n) is 1.18. The summed E-state index contributed by atoms with van der Waals surface area (Å²) < 4.78 is 10.0. The number of benzene rings is 1.